The van der Waals surface area contributed by atoms with Gasteiger partial charge in [0.15, 0.2) is 0 Å². The van der Waals surface area contributed by atoms with Gasteiger partial charge >= 0.3 is 6.18 Å². The van der Waals surface area contributed by atoms with Gasteiger partial charge in [0.2, 0.25) is 5.88 Å². The van der Waals surface area contributed by atoms with Crippen LogP contribution in [0.4, 0.5) is 13.2 Å². The van der Waals surface area contributed by atoms with Crippen LogP contribution in [-0.4, -0.2) is 13.4 Å². The van der Waals surface area contributed by atoms with Crippen molar-refractivity contribution in [3.05, 3.63) is 48.2 Å². The molecule has 0 atom stereocenters. The zero-order valence-electron chi connectivity index (χ0n) is 10.1. The lowest BCUT2D eigenvalue weighted by Gasteiger charge is -2.10. The summed E-state index contributed by atoms with van der Waals surface area (Å²) in [6.07, 6.45) is -3.31. The average Bonchev–Trinajstić information content (AvgIpc) is 2.37. The third-order valence-corrected chi connectivity index (χ3v) is 3.71. The van der Waals surface area contributed by atoms with Crippen molar-refractivity contribution in [1.82, 2.24) is 4.98 Å². The zero-order valence-corrected chi connectivity index (χ0v) is 11.7. The van der Waals surface area contributed by atoms with Gasteiger partial charge in [0.25, 0.3) is 9.05 Å². The molecule has 1 heterocycles. The van der Waals surface area contributed by atoms with Crippen molar-refractivity contribution in [2.75, 3.05) is 0 Å². The predicted molar refractivity (Wildman–Crippen MR) is 68.8 cm³/mol. The molecule has 0 aliphatic carbocycles. The summed E-state index contributed by atoms with van der Waals surface area (Å²) in [5, 5.41) is 0. The highest BCUT2D eigenvalue weighted by atomic mass is 35.7. The van der Waals surface area contributed by atoms with Gasteiger partial charge in [0, 0.05) is 16.9 Å². The molecule has 0 amide bonds. The van der Waals surface area contributed by atoms with E-state index in [1.54, 1.807) is 0 Å². The van der Waals surface area contributed by atoms with Crippen LogP contribution in [0.2, 0.25) is 0 Å². The Bertz CT molecular complexity index is 762. The Morgan fingerprint density at radius 2 is 1.86 bits per heavy atom. The first-order valence-electron chi connectivity index (χ1n) is 5.43. The van der Waals surface area contributed by atoms with Gasteiger partial charge in [-0.25, -0.2) is 13.4 Å². The van der Waals surface area contributed by atoms with Gasteiger partial charge in [0.05, 0.1) is 5.56 Å². The molecule has 112 valence electrons. The van der Waals surface area contributed by atoms with E-state index < -0.39 is 31.6 Å². The van der Waals surface area contributed by atoms with E-state index >= 15 is 0 Å². The van der Waals surface area contributed by atoms with Gasteiger partial charge in [-0.2, -0.15) is 13.2 Å². The summed E-state index contributed by atoms with van der Waals surface area (Å²) in [5.41, 5.74) is -0.925. The lowest BCUT2D eigenvalue weighted by atomic mass is 10.2. The molecule has 2 aromatic rings. The van der Waals surface area contributed by atoms with Gasteiger partial charge < -0.3 is 4.74 Å². The molecule has 0 saturated carbocycles. The summed E-state index contributed by atoms with van der Waals surface area (Å²) in [4.78, 5) is 3.24. The van der Waals surface area contributed by atoms with Crippen LogP contribution in [0.1, 0.15) is 5.56 Å². The number of alkyl halides is 3. The molecule has 0 aliphatic rings. The zero-order chi connectivity index (χ0) is 15.7. The van der Waals surface area contributed by atoms with Crippen molar-refractivity contribution in [3.8, 4) is 11.6 Å². The lowest BCUT2D eigenvalue weighted by molar-refractivity contribution is -0.137. The van der Waals surface area contributed by atoms with Gasteiger partial charge in [0.1, 0.15) is 10.6 Å². The normalized spacial score (nSPS) is 12.2. The number of aromatic nitrogens is 1. The first-order valence-corrected chi connectivity index (χ1v) is 7.73. The monoisotopic (exact) mass is 337 g/mol. The van der Waals surface area contributed by atoms with E-state index in [1.807, 2.05) is 0 Å². The molecule has 0 radical (unpaired) electrons. The standard InChI is InChI=1S/C12H7ClF3NO3S/c13-21(18,19)10-5-2-6-17-11(10)20-9-4-1-3-8(7-9)12(14,15)16/h1-7H. The Labute approximate surface area is 122 Å². The molecule has 0 aliphatic heterocycles. The number of halogens is 4. The van der Waals surface area contributed by atoms with Crippen molar-refractivity contribution < 1.29 is 26.3 Å². The van der Waals surface area contributed by atoms with Crippen molar-refractivity contribution in [1.29, 1.82) is 0 Å². The molecule has 0 spiro atoms. The quantitative estimate of drug-likeness (QED) is 0.799. The van der Waals surface area contributed by atoms with Crippen LogP contribution >= 0.6 is 10.7 Å². The molecule has 0 unspecified atom stereocenters. The van der Waals surface area contributed by atoms with Crippen LogP contribution < -0.4 is 4.74 Å². The lowest BCUT2D eigenvalue weighted by Crippen LogP contribution is -2.05. The van der Waals surface area contributed by atoms with Crippen LogP contribution in [0.25, 0.3) is 0 Å². The highest BCUT2D eigenvalue weighted by Crippen LogP contribution is 2.34. The van der Waals surface area contributed by atoms with E-state index in [4.69, 9.17) is 15.4 Å². The third kappa shape index (κ3) is 3.85. The Hall–Kier alpha value is -1.80. The smallest absolute Gasteiger partial charge is 0.416 e. The van der Waals surface area contributed by atoms with Crippen LogP contribution in [0.3, 0.4) is 0 Å². The first kappa shape index (κ1) is 15.6. The van der Waals surface area contributed by atoms with Gasteiger partial charge in [-0.3, -0.25) is 0 Å². The first-order chi connectivity index (χ1) is 9.68. The fourth-order valence-corrected chi connectivity index (χ4v) is 2.38. The third-order valence-electron chi connectivity index (χ3n) is 2.37. The number of benzene rings is 1. The van der Waals surface area contributed by atoms with Crippen LogP contribution in [0.15, 0.2) is 47.5 Å². The highest BCUT2D eigenvalue weighted by molar-refractivity contribution is 8.13. The predicted octanol–water partition coefficient (Wildman–Crippen LogP) is 3.82. The minimum absolute atomic E-state index is 0.204. The summed E-state index contributed by atoms with van der Waals surface area (Å²) >= 11 is 0. The number of nitrogens with zero attached hydrogens (tertiary/aromatic N) is 1. The molecular weight excluding hydrogens is 331 g/mol. The molecule has 1 aromatic carbocycles. The molecule has 0 N–H and O–H groups in total. The van der Waals surface area contributed by atoms with Gasteiger partial charge in [-0.15, -0.1) is 0 Å². The molecule has 0 saturated heterocycles. The average molecular weight is 338 g/mol. The number of ether oxygens (including phenoxy) is 1. The Kier molecular flexibility index (Phi) is 4.11. The number of hydrogen-bond donors (Lipinski definition) is 0. The second kappa shape index (κ2) is 5.53. The molecule has 1 aromatic heterocycles. The van der Waals surface area contributed by atoms with E-state index in [-0.39, 0.29) is 5.75 Å². The Balaban J connectivity index is 2.40. The van der Waals surface area contributed by atoms with Crippen LogP contribution in [0.5, 0.6) is 11.6 Å². The highest BCUT2D eigenvalue weighted by Gasteiger charge is 2.30. The van der Waals surface area contributed by atoms with Gasteiger partial charge in [-0.05, 0) is 30.3 Å². The Morgan fingerprint density at radius 3 is 2.48 bits per heavy atom. The van der Waals surface area contributed by atoms with Crippen LogP contribution in [-0.2, 0) is 15.2 Å². The maximum Gasteiger partial charge on any atom is 0.416 e. The van der Waals surface area contributed by atoms with E-state index in [9.17, 15) is 21.6 Å². The van der Waals surface area contributed by atoms with E-state index in [0.717, 1.165) is 24.3 Å². The van der Waals surface area contributed by atoms with Crippen molar-refractivity contribution >= 4 is 19.7 Å². The summed E-state index contributed by atoms with van der Waals surface area (Å²) in [7, 11) is 1.08. The molecule has 4 nitrogen and oxygen atoms in total. The maximum absolute atomic E-state index is 12.6. The molecule has 9 heteroatoms. The van der Waals surface area contributed by atoms with Gasteiger partial charge in [-0.1, -0.05) is 6.07 Å². The summed E-state index contributed by atoms with van der Waals surface area (Å²) in [5.74, 6) is -0.600. The topological polar surface area (TPSA) is 56.3 Å². The molecule has 0 fully saturated rings. The molecule has 21 heavy (non-hydrogen) atoms. The van der Waals surface area contributed by atoms with Crippen molar-refractivity contribution in [2.24, 2.45) is 0 Å². The fraction of sp³-hybridized carbons (Fsp3) is 0.0833. The SMILES string of the molecule is O=S(=O)(Cl)c1cccnc1Oc1cccc(C(F)(F)F)c1. The van der Waals surface area contributed by atoms with E-state index in [1.165, 1.54) is 18.3 Å². The maximum atomic E-state index is 12.6. The largest absolute Gasteiger partial charge is 0.438 e. The van der Waals surface area contributed by atoms with Crippen molar-refractivity contribution in [3.63, 3.8) is 0 Å². The minimum atomic E-state index is -4.54. The number of rotatable bonds is 3. The summed E-state index contributed by atoms with van der Waals surface area (Å²) in [6.45, 7) is 0. The Morgan fingerprint density at radius 1 is 1.14 bits per heavy atom. The summed E-state index contributed by atoms with van der Waals surface area (Å²) < 4.78 is 65.5. The number of pyridine rings is 1. The van der Waals surface area contributed by atoms with E-state index in [2.05, 4.69) is 4.98 Å². The molecular formula is C12H7ClF3NO3S. The molecule has 0 bridgehead atoms. The minimum Gasteiger partial charge on any atom is -0.438 e. The second-order valence-electron chi connectivity index (χ2n) is 3.87. The van der Waals surface area contributed by atoms with Crippen molar-refractivity contribution in [2.45, 2.75) is 11.1 Å². The second-order valence-corrected chi connectivity index (χ2v) is 6.41. The van der Waals surface area contributed by atoms with Crippen LogP contribution in [0, 0.1) is 0 Å². The number of hydrogen-bond acceptors (Lipinski definition) is 4. The fourth-order valence-electron chi connectivity index (χ4n) is 1.49. The summed E-state index contributed by atoms with van der Waals surface area (Å²) in [6, 6.07) is 6.43. The molecule has 2 rings (SSSR count). The van der Waals surface area contributed by atoms with E-state index in [0.29, 0.717) is 0 Å².